The lowest BCUT2D eigenvalue weighted by atomic mass is 10.1. The average molecular weight is 583 g/mol. The van der Waals surface area contributed by atoms with Gasteiger partial charge in [0.25, 0.3) is 10.0 Å². The van der Waals surface area contributed by atoms with Crippen LogP contribution in [0.3, 0.4) is 0 Å². The van der Waals surface area contributed by atoms with Crippen molar-refractivity contribution in [1.29, 1.82) is 0 Å². The van der Waals surface area contributed by atoms with Gasteiger partial charge in [-0.2, -0.15) is 0 Å². The van der Waals surface area contributed by atoms with Crippen LogP contribution in [-0.2, 0) is 26.2 Å². The number of nitrogens with zero attached hydrogens (tertiary/aromatic N) is 2. The Morgan fingerprint density at radius 2 is 1.57 bits per heavy atom. The first-order valence-electron chi connectivity index (χ1n) is 11.4. The molecule has 0 spiro atoms. The molecule has 1 N–H and O–H groups in total. The minimum atomic E-state index is -4.15. The highest BCUT2D eigenvalue weighted by atomic mass is 35.5. The molecule has 0 aliphatic heterocycles. The van der Waals surface area contributed by atoms with Crippen LogP contribution in [-0.4, -0.2) is 44.8 Å². The van der Waals surface area contributed by atoms with Crippen LogP contribution < -0.4 is 9.62 Å². The Balaban J connectivity index is 2.04. The first kappa shape index (κ1) is 28.8. The van der Waals surface area contributed by atoms with Gasteiger partial charge in [-0.25, -0.2) is 8.42 Å². The Labute approximate surface area is 232 Å². The highest BCUT2D eigenvalue weighted by Gasteiger charge is 2.33. The molecule has 3 aromatic rings. The van der Waals surface area contributed by atoms with Crippen molar-refractivity contribution in [3.63, 3.8) is 0 Å². The van der Waals surface area contributed by atoms with E-state index in [1.54, 1.807) is 55.5 Å². The maximum absolute atomic E-state index is 13.8. The summed E-state index contributed by atoms with van der Waals surface area (Å²) >= 11 is 18.2. The number of para-hydroxylation sites is 1. The fourth-order valence-electron chi connectivity index (χ4n) is 3.78. The molecular formula is C26H26Cl3N3O4S. The van der Waals surface area contributed by atoms with Crippen LogP contribution >= 0.6 is 34.8 Å². The van der Waals surface area contributed by atoms with Crippen LogP contribution in [0.4, 0.5) is 5.69 Å². The van der Waals surface area contributed by atoms with Gasteiger partial charge >= 0.3 is 0 Å². The highest BCUT2D eigenvalue weighted by Crippen LogP contribution is 2.27. The maximum atomic E-state index is 13.8. The summed E-state index contributed by atoms with van der Waals surface area (Å²) in [6.07, 6.45) is 0.308. The molecule has 0 bridgehead atoms. The largest absolute Gasteiger partial charge is 0.357 e. The van der Waals surface area contributed by atoms with Gasteiger partial charge in [-0.15, -0.1) is 0 Å². The monoisotopic (exact) mass is 581 g/mol. The topological polar surface area (TPSA) is 86.8 Å². The lowest BCUT2D eigenvalue weighted by Crippen LogP contribution is -2.51. The molecule has 7 nitrogen and oxygen atoms in total. The molecule has 0 aliphatic rings. The highest BCUT2D eigenvalue weighted by molar-refractivity contribution is 7.92. The number of benzene rings is 3. The molecule has 0 saturated heterocycles. The Hall–Kier alpha value is -2.78. The van der Waals surface area contributed by atoms with Gasteiger partial charge < -0.3 is 10.2 Å². The van der Waals surface area contributed by atoms with Gasteiger partial charge in [-0.05, 0) is 60.5 Å². The Bertz CT molecular complexity index is 1350. The molecule has 11 heteroatoms. The standard InChI is InChI=1S/C26H26Cl3N3O4S/c1-3-24(26(34)30-2)31(16-18-9-14-22(28)23(29)15-18)25(33)17-32(20-7-5-4-6-8-20)37(35,36)21-12-10-19(27)11-13-21/h4-15,24H,3,16-17H2,1-2H3,(H,30,34)/t24-/m0/s1. The van der Waals surface area contributed by atoms with Crippen LogP contribution in [0, 0.1) is 0 Å². The normalized spacial score (nSPS) is 12.0. The molecule has 0 aliphatic carbocycles. The zero-order valence-electron chi connectivity index (χ0n) is 20.2. The number of hydrogen-bond donors (Lipinski definition) is 1. The smallest absolute Gasteiger partial charge is 0.264 e. The van der Waals surface area contributed by atoms with E-state index in [9.17, 15) is 18.0 Å². The zero-order chi connectivity index (χ0) is 27.2. The molecule has 3 aromatic carbocycles. The summed E-state index contributed by atoms with van der Waals surface area (Å²) in [7, 11) is -2.67. The molecule has 0 saturated carbocycles. The van der Waals surface area contributed by atoms with Crippen molar-refractivity contribution in [2.45, 2.75) is 30.8 Å². The van der Waals surface area contributed by atoms with Gasteiger partial charge in [0.1, 0.15) is 12.6 Å². The first-order chi connectivity index (χ1) is 17.6. The van der Waals surface area contributed by atoms with Gasteiger partial charge in [0.15, 0.2) is 0 Å². The molecular weight excluding hydrogens is 557 g/mol. The van der Waals surface area contributed by atoms with Gasteiger partial charge in [-0.3, -0.25) is 13.9 Å². The molecule has 1 atom stereocenters. The molecule has 37 heavy (non-hydrogen) atoms. The van der Waals surface area contributed by atoms with E-state index in [4.69, 9.17) is 34.8 Å². The van der Waals surface area contributed by atoms with Crippen LogP contribution in [0.25, 0.3) is 0 Å². The predicted octanol–water partition coefficient (Wildman–Crippen LogP) is 5.40. The predicted molar refractivity (Wildman–Crippen MR) is 148 cm³/mol. The number of sulfonamides is 1. The number of nitrogens with one attached hydrogen (secondary N) is 1. The first-order valence-corrected chi connectivity index (χ1v) is 13.9. The summed E-state index contributed by atoms with van der Waals surface area (Å²) in [5.41, 5.74) is 0.935. The fraction of sp³-hybridized carbons (Fsp3) is 0.231. The van der Waals surface area contributed by atoms with E-state index in [1.165, 1.54) is 36.2 Å². The Kier molecular flexibility index (Phi) is 9.84. The van der Waals surface area contributed by atoms with Gasteiger partial charge in [-0.1, -0.05) is 66.0 Å². The van der Waals surface area contributed by atoms with Crippen LogP contribution in [0.15, 0.2) is 77.7 Å². The lowest BCUT2D eigenvalue weighted by molar-refractivity contribution is -0.140. The number of carbonyl (C=O) groups excluding carboxylic acids is 2. The second-order valence-corrected chi connectivity index (χ2v) is 11.2. The van der Waals surface area contributed by atoms with Crippen molar-refractivity contribution >= 4 is 62.3 Å². The van der Waals surface area contributed by atoms with Gasteiger partial charge in [0.2, 0.25) is 11.8 Å². The minimum Gasteiger partial charge on any atom is -0.357 e. The van der Waals surface area contributed by atoms with Crippen molar-refractivity contribution in [2.75, 3.05) is 17.9 Å². The average Bonchev–Trinajstić information content (AvgIpc) is 2.89. The Morgan fingerprint density at radius 3 is 2.14 bits per heavy atom. The van der Waals surface area contributed by atoms with Crippen molar-refractivity contribution in [3.05, 3.63) is 93.4 Å². The lowest BCUT2D eigenvalue weighted by Gasteiger charge is -2.33. The second kappa shape index (κ2) is 12.6. The van der Waals surface area contributed by atoms with Crippen LogP contribution in [0.5, 0.6) is 0 Å². The maximum Gasteiger partial charge on any atom is 0.264 e. The van der Waals surface area contributed by atoms with E-state index in [1.807, 2.05) is 0 Å². The van der Waals surface area contributed by atoms with E-state index < -0.39 is 28.5 Å². The van der Waals surface area contributed by atoms with E-state index in [-0.39, 0.29) is 17.3 Å². The third kappa shape index (κ3) is 6.96. The third-order valence-corrected chi connectivity index (χ3v) is 8.47. The van der Waals surface area contributed by atoms with Crippen molar-refractivity contribution in [2.24, 2.45) is 0 Å². The van der Waals surface area contributed by atoms with E-state index in [2.05, 4.69) is 5.32 Å². The second-order valence-electron chi connectivity index (χ2n) is 8.11. The van der Waals surface area contributed by atoms with Crippen LogP contribution in [0.1, 0.15) is 18.9 Å². The molecule has 0 heterocycles. The fourth-order valence-corrected chi connectivity index (χ4v) is 5.64. The zero-order valence-corrected chi connectivity index (χ0v) is 23.3. The molecule has 0 aromatic heterocycles. The van der Waals surface area contributed by atoms with Crippen molar-refractivity contribution in [3.8, 4) is 0 Å². The summed E-state index contributed by atoms with van der Waals surface area (Å²) in [6.45, 7) is 1.25. The van der Waals surface area contributed by atoms with Gasteiger partial charge in [0.05, 0.1) is 20.6 Å². The van der Waals surface area contributed by atoms with Crippen LogP contribution in [0.2, 0.25) is 15.1 Å². The summed E-state index contributed by atoms with van der Waals surface area (Å²) in [5.74, 6) is -0.939. The SMILES string of the molecule is CC[C@@H](C(=O)NC)N(Cc1ccc(Cl)c(Cl)c1)C(=O)CN(c1ccccc1)S(=O)(=O)c1ccc(Cl)cc1. The van der Waals surface area contributed by atoms with Crippen molar-refractivity contribution in [1.82, 2.24) is 10.2 Å². The van der Waals surface area contributed by atoms with E-state index in [0.717, 1.165) is 4.31 Å². The third-order valence-electron chi connectivity index (χ3n) is 5.69. The van der Waals surface area contributed by atoms with Crippen molar-refractivity contribution < 1.29 is 18.0 Å². The van der Waals surface area contributed by atoms with Gasteiger partial charge in [0, 0.05) is 18.6 Å². The number of carbonyl (C=O) groups is 2. The van der Waals surface area contributed by atoms with E-state index in [0.29, 0.717) is 32.7 Å². The quantitative estimate of drug-likeness (QED) is 0.347. The Morgan fingerprint density at radius 1 is 0.919 bits per heavy atom. The number of likely N-dealkylation sites (N-methyl/N-ethyl adjacent to an activating group) is 1. The number of halogens is 3. The summed E-state index contributed by atoms with van der Waals surface area (Å²) < 4.78 is 28.4. The molecule has 196 valence electrons. The number of anilines is 1. The molecule has 2 amide bonds. The molecule has 0 radical (unpaired) electrons. The molecule has 3 rings (SSSR count). The molecule has 0 unspecified atom stereocenters. The number of rotatable bonds is 10. The number of hydrogen-bond acceptors (Lipinski definition) is 4. The minimum absolute atomic E-state index is 0.0191. The number of amides is 2. The summed E-state index contributed by atoms with van der Waals surface area (Å²) in [4.78, 5) is 27.8. The van der Waals surface area contributed by atoms with E-state index >= 15 is 0 Å². The molecule has 0 fully saturated rings. The summed E-state index contributed by atoms with van der Waals surface area (Å²) in [5, 5.41) is 3.61. The summed E-state index contributed by atoms with van der Waals surface area (Å²) in [6, 6.07) is 18.1.